The predicted octanol–water partition coefficient (Wildman–Crippen LogP) is 2.12. The van der Waals surface area contributed by atoms with E-state index in [1.54, 1.807) is 0 Å². The number of ether oxygens (including phenoxy) is 1. The summed E-state index contributed by atoms with van der Waals surface area (Å²) in [5.41, 5.74) is 2.90. The molecule has 120 valence electrons. The van der Waals surface area contributed by atoms with Crippen LogP contribution in [0, 0.1) is 0 Å². The fraction of sp³-hybridized carbons (Fsp3) is 0.611. The average molecular weight is 302 g/mol. The highest BCUT2D eigenvalue weighted by molar-refractivity contribution is 5.80. The number of amides is 1. The summed E-state index contributed by atoms with van der Waals surface area (Å²) >= 11 is 0. The van der Waals surface area contributed by atoms with E-state index < -0.39 is 0 Å². The van der Waals surface area contributed by atoms with Crippen molar-refractivity contribution in [3.8, 4) is 0 Å². The summed E-state index contributed by atoms with van der Waals surface area (Å²) in [7, 11) is 0. The highest BCUT2D eigenvalue weighted by Gasteiger charge is 2.26. The molecule has 22 heavy (non-hydrogen) atoms. The molecule has 1 aromatic carbocycles. The first-order valence-corrected chi connectivity index (χ1v) is 8.48. The molecule has 4 nitrogen and oxygen atoms in total. The van der Waals surface area contributed by atoms with Crippen LogP contribution in [0.3, 0.4) is 0 Å². The molecule has 1 fully saturated rings. The second-order valence-electron chi connectivity index (χ2n) is 6.30. The summed E-state index contributed by atoms with van der Waals surface area (Å²) in [6.07, 6.45) is 3.79. The van der Waals surface area contributed by atoms with Crippen LogP contribution in [0.4, 0.5) is 0 Å². The molecule has 1 N–H and O–H groups in total. The van der Waals surface area contributed by atoms with Gasteiger partial charge >= 0.3 is 0 Å². The lowest BCUT2D eigenvalue weighted by Crippen LogP contribution is -2.47. The minimum atomic E-state index is -0.223. The molecule has 1 amide bonds. The Morgan fingerprint density at radius 1 is 1.41 bits per heavy atom. The zero-order chi connectivity index (χ0) is 15.4. The van der Waals surface area contributed by atoms with Gasteiger partial charge in [-0.1, -0.05) is 31.2 Å². The molecule has 0 aromatic heterocycles. The number of nitrogens with zero attached hydrogens (tertiary/aromatic N) is 1. The number of hydrogen-bond donors (Lipinski definition) is 1. The topological polar surface area (TPSA) is 41.6 Å². The first-order valence-electron chi connectivity index (χ1n) is 8.48. The third kappa shape index (κ3) is 3.50. The fourth-order valence-corrected chi connectivity index (χ4v) is 3.48. The van der Waals surface area contributed by atoms with Crippen molar-refractivity contribution >= 4 is 5.91 Å². The van der Waals surface area contributed by atoms with Crippen LogP contribution in [0.25, 0.3) is 0 Å². The summed E-state index contributed by atoms with van der Waals surface area (Å²) in [5, 5.41) is 3.09. The second kappa shape index (κ2) is 7.25. The monoisotopic (exact) mass is 302 g/mol. The molecular formula is C18H26N2O2. The number of benzene rings is 1. The van der Waals surface area contributed by atoms with Gasteiger partial charge in [-0.3, -0.25) is 9.69 Å². The van der Waals surface area contributed by atoms with Gasteiger partial charge in [-0.15, -0.1) is 0 Å². The van der Waals surface area contributed by atoms with E-state index in [-0.39, 0.29) is 12.0 Å². The Balaban J connectivity index is 1.54. The second-order valence-corrected chi connectivity index (χ2v) is 6.30. The number of fused-ring (bicyclic) bond motifs is 1. The van der Waals surface area contributed by atoms with Gasteiger partial charge in [0.05, 0.1) is 0 Å². The molecule has 0 saturated carbocycles. The molecule has 0 bridgehead atoms. The van der Waals surface area contributed by atoms with E-state index in [0.29, 0.717) is 6.04 Å². The summed E-state index contributed by atoms with van der Waals surface area (Å²) in [4.78, 5) is 14.6. The maximum atomic E-state index is 12.1. The molecule has 1 saturated heterocycles. The summed E-state index contributed by atoms with van der Waals surface area (Å²) in [5.74, 6) is 0.0633. The number of nitrogens with one attached hydrogen (secondary N) is 1. The van der Waals surface area contributed by atoms with E-state index in [0.717, 1.165) is 51.9 Å². The van der Waals surface area contributed by atoms with Crippen molar-refractivity contribution in [2.45, 2.75) is 51.3 Å². The molecule has 2 atom stereocenters. The third-order valence-corrected chi connectivity index (χ3v) is 4.88. The normalized spacial score (nSPS) is 23.0. The molecule has 0 aliphatic carbocycles. The van der Waals surface area contributed by atoms with Gasteiger partial charge in [-0.25, -0.2) is 0 Å². The van der Waals surface area contributed by atoms with Gasteiger partial charge in [0.1, 0.15) is 6.10 Å². The predicted molar refractivity (Wildman–Crippen MR) is 86.6 cm³/mol. The first kappa shape index (κ1) is 15.5. The first-order chi connectivity index (χ1) is 10.8. The lowest BCUT2D eigenvalue weighted by Gasteiger charge is -2.35. The van der Waals surface area contributed by atoms with Crippen molar-refractivity contribution in [3.05, 3.63) is 35.4 Å². The van der Waals surface area contributed by atoms with E-state index >= 15 is 0 Å². The largest absolute Gasteiger partial charge is 0.368 e. The van der Waals surface area contributed by atoms with Crippen LogP contribution in [0.15, 0.2) is 24.3 Å². The summed E-state index contributed by atoms with van der Waals surface area (Å²) < 4.78 is 5.45. The molecule has 1 aromatic rings. The Kier molecular flexibility index (Phi) is 5.11. The van der Waals surface area contributed by atoms with Crippen molar-refractivity contribution < 1.29 is 9.53 Å². The van der Waals surface area contributed by atoms with E-state index in [1.165, 1.54) is 11.1 Å². The summed E-state index contributed by atoms with van der Waals surface area (Å²) in [6.45, 7) is 5.70. The maximum Gasteiger partial charge on any atom is 0.249 e. The van der Waals surface area contributed by atoms with Gasteiger partial charge in [0.2, 0.25) is 5.91 Å². The van der Waals surface area contributed by atoms with Gasteiger partial charge in [0.15, 0.2) is 0 Å². The van der Waals surface area contributed by atoms with Crippen LogP contribution in [0.1, 0.15) is 37.3 Å². The highest BCUT2D eigenvalue weighted by Crippen LogP contribution is 2.21. The van der Waals surface area contributed by atoms with E-state index in [9.17, 15) is 4.79 Å². The molecule has 2 heterocycles. The molecule has 0 spiro atoms. The zero-order valence-corrected chi connectivity index (χ0v) is 13.4. The standard InChI is InChI=1S/C18H26N2O2/c1-2-16(12-19-18(21)17-8-5-11-22-17)20-10-9-14-6-3-4-7-15(14)13-20/h3-4,6-7,16-17H,2,5,8-13H2,1H3,(H,19,21)/t16-,17-/m0/s1. The van der Waals surface area contributed by atoms with Gasteiger partial charge in [0, 0.05) is 32.3 Å². The molecular weight excluding hydrogens is 276 g/mol. The Hall–Kier alpha value is -1.39. The van der Waals surface area contributed by atoms with E-state index in [4.69, 9.17) is 4.74 Å². The van der Waals surface area contributed by atoms with E-state index in [1.807, 2.05) is 0 Å². The van der Waals surface area contributed by atoms with Crippen molar-refractivity contribution in [3.63, 3.8) is 0 Å². The quantitative estimate of drug-likeness (QED) is 0.906. The minimum absolute atomic E-state index is 0.0633. The molecule has 4 heteroatoms. The Bertz CT molecular complexity index is 512. The van der Waals surface area contributed by atoms with Crippen LogP contribution in [-0.2, 0) is 22.5 Å². The maximum absolute atomic E-state index is 12.1. The lowest BCUT2D eigenvalue weighted by molar-refractivity contribution is -0.130. The average Bonchev–Trinajstić information content (AvgIpc) is 3.09. The number of hydrogen-bond acceptors (Lipinski definition) is 3. The van der Waals surface area contributed by atoms with Gasteiger partial charge < -0.3 is 10.1 Å². The third-order valence-electron chi connectivity index (χ3n) is 4.88. The van der Waals surface area contributed by atoms with Crippen LogP contribution in [-0.4, -0.2) is 42.6 Å². The van der Waals surface area contributed by atoms with Crippen molar-refractivity contribution in [2.24, 2.45) is 0 Å². The van der Waals surface area contributed by atoms with Crippen molar-refractivity contribution in [1.82, 2.24) is 10.2 Å². The zero-order valence-electron chi connectivity index (χ0n) is 13.4. The lowest BCUT2D eigenvalue weighted by atomic mass is 9.98. The van der Waals surface area contributed by atoms with Crippen molar-refractivity contribution in [2.75, 3.05) is 19.7 Å². The highest BCUT2D eigenvalue weighted by atomic mass is 16.5. The molecule has 0 unspecified atom stereocenters. The smallest absolute Gasteiger partial charge is 0.249 e. The molecule has 2 aliphatic rings. The Labute approximate surface area is 132 Å². The number of carbonyl (C=O) groups excluding carboxylic acids is 1. The van der Waals surface area contributed by atoms with Crippen LogP contribution >= 0.6 is 0 Å². The molecule has 2 aliphatic heterocycles. The van der Waals surface area contributed by atoms with Crippen LogP contribution in [0.2, 0.25) is 0 Å². The number of rotatable bonds is 5. The van der Waals surface area contributed by atoms with E-state index in [2.05, 4.69) is 41.4 Å². The van der Waals surface area contributed by atoms with Crippen LogP contribution in [0.5, 0.6) is 0 Å². The van der Waals surface area contributed by atoms with Crippen molar-refractivity contribution in [1.29, 1.82) is 0 Å². The van der Waals surface area contributed by atoms with Crippen LogP contribution < -0.4 is 5.32 Å². The SMILES string of the molecule is CC[C@@H](CNC(=O)[C@@H]1CCCO1)N1CCc2ccccc2C1. The van der Waals surface area contributed by atoms with Gasteiger partial charge in [0.25, 0.3) is 0 Å². The Morgan fingerprint density at radius 3 is 2.95 bits per heavy atom. The fourth-order valence-electron chi connectivity index (χ4n) is 3.48. The molecule has 3 rings (SSSR count). The number of carbonyl (C=O) groups is 1. The summed E-state index contributed by atoms with van der Waals surface area (Å²) in [6, 6.07) is 9.08. The van der Waals surface area contributed by atoms with Gasteiger partial charge in [-0.2, -0.15) is 0 Å². The Morgan fingerprint density at radius 2 is 2.23 bits per heavy atom. The minimum Gasteiger partial charge on any atom is -0.368 e. The van der Waals surface area contributed by atoms with Gasteiger partial charge in [-0.05, 0) is 36.8 Å². The molecule has 0 radical (unpaired) electrons.